The Morgan fingerprint density at radius 2 is 2.04 bits per heavy atom. The number of benzene rings is 1. The highest BCUT2D eigenvalue weighted by atomic mass is 35.5. The van der Waals surface area contributed by atoms with E-state index in [1.165, 1.54) is 12.1 Å². The van der Waals surface area contributed by atoms with Crippen molar-refractivity contribution in [1.82, 2.24) is 20.2 Å². The van der Waals surface area contributed by atoms with Crippen molar-refractivity contribution >= 4 is 35.2 Å². The van der Waals surface area contributed by atoms with Gasteiger partial charge in [0.15, 0.2) is 0 Å². The van der Waals surface area contributed by atoms with Gasteiger partial charge in [-0.2, -0.15) is 0 Å². The number of aromatic hydroxyl groups is 1. The summed E-state index contributed by atoms with van der Waals surface area (Å²) in [6.45, 7) is 0.654. The van der Waals surface area contributed by atoms with Gasteiger partial charge in [0, 0.05) is 16.6 Å². The third-order valence-electron chi connectivity index (χ3n) is 4.79. The van der Waals surface area contributed by atoms with E-state index in [-0.39, 0.29) is 28.8 Å². The lowest BCUT2D eigenvalue weighted by Gasteiger charge is -2.28. The molecule has 0 unspecified atom stereocenters. The van der Waals surface area contributed by atoms with Crippen LogP contribution in [0.2, 0.25) is 10.0 Å². The van der Waals surface area contributed by atoms with Crippen LogP contribution in [0, 0.1) is 0 Å². The van der Waals surface area contributed by atoms with Gasteiger partial charge in [-0.15, -0.1) is 0 Å². The molecule has 1 aliphatic carbocycles. The zero-order valence-corrected chi connectivity index (χ0v) is 15.3. The lowest BCUT2D eigenvalue weighted by atomic mass is 9.93. The monoisotopic (exact) mass is 393 g/mol. The number of nitrogens with one attached hydrogen (secondary N) is 1. The highest BCUT2D eigenvalue weighted by Crippen LogP contribution is 2.41. The molecule has 2 heterocycles. The number of amides is 2. The molecule has 2 aromatic rings. The SMILES string of the molecule is Nc1nc2c(c(-c3c(O)cc(Cl)cc3Cl)n1)CN(C(=O)NC1CCC1)C2. The van der Waals surface area contributed by atoms with Crippen molar-refractivity contribution in [3.63, 3.8) is 0 Å². The van der Waals surface area contributed by atoms with Gasteiger partial charge in [-0.3, -0.25) is 0 Å². The lowest BCUT2D eigenvalue weighted by molar-refractivity contribution is 0.186. The number of hydrogen-bond acceptors (Lipinski definition) is 5. The smallest absolute Gasteiger partial charge is 0.318 e. The number of rotatable bonds is 2. The van der Waals surface area contributed by atoms with Gasteiger partial charge in [-0.1, -0.05) is 23.2 Å². The van der Waals surface area contributed by atoms with Crippen LogP contribution in [-0.4, -0.2) is 32.0 Å². The molecule has 0 spiro atoms. The summed E-state index contributed by atoms with van der Waals surface area (Å²) in [5, 5.41) is 13.9. The Kier molecular flexibility index (Phi) is 4.28. The van der Waals surface area contributed by atoms with Crippen molar-refractivity contribution in [2.75, 3.05) is 5.73 Å². The Labute approximate surface area is 160 Å². The summed E-state index contributed by atoms with van der Waals surface area (Å²) in [4.78, 5) is 22.7. The van der Waals surface area contributed by atoms with E-state index >= 15 is 0 Å². The zero-order valence-electron chi connectivity index (χ0n) is 13.8. The maximum Gasteiger partial charge on any atom is 0.318 e. The predicted molar refractivity (Wildman–Crippen MR) is 99.0 cm³/mol. The molecule has 1 aromatic carbocycles. The van der Waals surface area contributed by atoms with Gasteiger partial charge in [0.25, 0.3) is 0 Å². The molecule has 4 rings (SSSR count). The summed E-state index contributed by atoms with van der Waals surface area (Å²) < 4.78 is 0. The van der Waals surface area contributed by atoms with Crippen molar-refractivity contribution < 1.29 is 9.90 Å². The number of fused-ring (bicyclic) bond motifs is 1. The van der Waals surface area contributed by atoms with E-state index < -0.39 is 0 Å². The Balaban J connectivity index is 1.69. The van der Waals surface area contributed by atoms with Gasteiger partial charge in [0.2, 0.25) is 5.95 Å². The van der Waals surface area contributed by atoms with E-state index in [0.717, 1.165) is 24.8 Å². The number of urea groups is 1. The number of halogens is 2. The second kappa shape index (κ2) is 6.48. The average molecular weight is 394 g/mol. The molecule has 1 saturated carbocycles. The van der Waals surface area contributed by atoms with Gasteiger partial charge in [0.05, 0.1) is 35.1 Å². The molecular formula is C17H17Cl2N5O2. The standard InChI is InChI=1S/C17H17Cl2N5O2/c18-8-4-11(19)14(13(25)5-8)15-10-6-24(7-12(10)22-16(20)23-15)17(26)21-9-2-1-3-9/h4-5,9,25H,1-3,6-7H2,(H,21,26)(H2,20,22,23). The molecule has 0 radical (unpaired) electrons. The summed E-state index contributed by atoms with van der Waals surface area (Å²) in [5.74, 6) is -0.0365. The summed E-state index contributed by atoms with van der Waals surface area (Å²) >= 11 is 12.2. The third kappa shape index (κ3) is 3.01. The molecule has 4 N–H and O–H groups in total. The van der Waals surface area contributed by atoms with E-state index in [1.54, 1.807) is 4.90 Å². The molecule has 0 bridgehead atoms. The molecule has 0 atom stereocenters. The number of phenolic OH excluding ortho intramolecular Hbond substituents is 1. The molecule has 136 valence electrons. The number of nitrogens with two attached hydrogens (primary N) is 1. The highest BCUT2D eigenvalue weighted by molar-refractivity contribution is 6.36. The van der Waals surface area contributed by atoms with Crippen molar-refractivity contribution in [2.24, 2.45) is 0 Å². The number of hydrogen-bond donors (Lipinski definition) is 3. The van der Waals surface area contributed by atoms with Crippen LogP contribution in [0.4, 0.5) is 10.7 Å². The second-order valence-corrected chi connectivity index (χ2v) is 7.41. The first kappa shape index (κ1) is 17.2. The van der Waals surface area contributed by atoms with Crippen LogP contribution >= 0.6 is 23.2 Å². The molecule has 7 nitrogen and oxygen atoms in total. The molecular weight excluding hydrogens is 377 g/mol. The Morgan fingerprint density at radius 1 is 1.27 bits per heavy atom. The normalized spacial score (nSPS) is 16.3. The Bertz CT molecular complexity index is 878. The molecule has 1 aromatic heterocycles. The molecule has 0 saturated heterocycles. The number of nitrogen functional groups attached to an aromatic ring is 1. The van der Waals surface area contributed by atoms with Crippen molar-refractivity contribution in [2.45, 2.75) is 38.4 Å². The van der Waals surface area contributed by atoms with E-state index in [2.05, 4.69) is 15.3 Å². The van der Waals surface area contributed by atoms with Crippen molar-refractivity contribution in [1.29, 1.82) is 0 Å². The van der Waals surface area contributed by atoms with Crippen LogP contribution in [0.5, 0.6) is 5.75 Å². The fourth-order valence-corrected chi connectivity index (χ4v) is 3.81. The number of anilines is 1. The van der Waals surface area contributed by atoms with E-state index in [1.807, 2.05) is 0 Å². The maximum atomic E-state index is 12.5. The van der Waals surface area contributed by atoms with Crippen LogP contribution in [0.15, 0.2) is 12.1 Å². The molecule has 9 heteroatoms. The maximum absolute atomic E-state index is 12.5. The minimum Gasteiger partial charge on any atom is -0.507 e. The van der Waals surface area contributed by atoms with E-state index in [4.69, 9.17) is 28.9 Å². The van der Waals surface area contributed by atoms with Gasteiger partial charge >= 0.3 is 6.03 Å². The third-order valence-corrected chi connectivity index (χ3v) is 5.31. The van der Waals surface area contributed by atoms with Crippen LogP contribution in [0.25, 0.3) is 11.3 Å². The lowest BCUT2D eigenvalue weighted by Crippen LogP contribution is -2.45. The first-order chi connectivity index (χ1) is 12.4. The predicted octanol–water partition coefficient (Wildman–Crippen LogP) is 3.32. The summed E-state index contributed by atoms with van der Waals surface area (Å²) in [5.41, 5.74) is 7.98. The Morgan fingerprint density at radius 3 is 2.69 bits per heavy atom. The van der Waals surface area contributed by atoms with Crippen molar-refractivity contribution in [3.8, 4) is 17.0 Å². The Hall–Kier alpha value is -2.25. The molecule has 1 aliphatic heterocycles. The molecule has 26 heavy (non-hydrogen) atoms. The molecule has 2 amide bonds. The second-order valence-electron chi connectivity index (χ2n) is 6.57. The summed E-state index contributed by atoms with van der Waals surface area (Å²) in [6, 6.07) is 3.03. The fraction of sp³-hybridized carbons (Fsp3) is 0.353. The molecule has 1 fully saturated rings. The minimum atomic E-state index is -0.136. The van der Waals surface area contributed by atoms with E-state index in [0.29, 0.717) is 35.1 Å². The number of aromatic nitrogens is 2. The number of phenols is 1. The van der Waals surface area contributed by atoms with Gasteiger partial charge in [-0.05, 0) is 31.4 Å². The zero-order chi connectivity index (χ0) is 18.4. The minimum absolute atomic E-state index is 0.0606. The van der Waals surface area contributed by atoms with Crippen LogP contribution in [0.3, 0.4) is 0 Å². The quantitative estimate of drug-likeness (QED) is 0.725. The van der Waals surface area contributed by atoms with Crippen LogP contribution in [0.1, 0.15) is 30.5 Å². The highest BCUT2D eigenvalue weighted by Gasteiger charge is 2.31. The van der Waals surface area contributed by atoms with Gasteiger partial charge in [-0.25, -0.2) is 14.8 Å². The topological polar surface area (TPSA) is 104 Å². The number of carbonyl (C=O) groups is 1. The summed E-state index contributed by atoms with van der Waals surface area (Å²) in [7, 11) is 0. The summed E-state index contributed by atoms with van der Waals surface area (Å²) in [6.07, 6.45) is 3.17. The number of nitrogens with zero attached hydrogens (tertiary/aromatic N) is 3. The first-order valence-electron chi connectivity index (χ1n) is 8.31. The average Bonchev–Trinajstić information content (AvgIpc) is 2.93. The van der Waals surface area contributed by atoms with Crippen LogP contribution < -0.4 is 11.1 Å². The van der Waals surface area contributed by atoms with Gasteiger partial charge < -0.3 is 21.1 Å². The van der Waals surface area contributed by atoms with Gasteiger partial charge in [0.1, 0.15) is 5.75 Å². The van der Waals surface area contributed by atoms with Crippen LogP contribution in [-0.2, 0) is 13.1 Å². The molecule has 2 aliphatic rings. The van der Waals surface area contributed by atoms with E-state index in [9.17, 15) is 9.90 Å². The van der Waals surface area contributed by atoms with Crippen molar-refractivity contribution in [3.05, 3.63) is 33.4 Å². The number of carbonyl (C=O) groups excluding carboxylic acids is 1. The first-order valence-corrected chi connectivity index (χ1v) is 9.07. The largest absolute Gasteiger partial charge is 0.507 e. The fourth-order valence-electron chi connectivity index (χ4n) is 3.24.